The van der Waals surface area contributed by atoms with Crippen molar-refractivity contribution in [2.75, 3.05) is 0 Å². The molecule has 1 aliphatic carbocycles. The van der Waals surface area contributed by atoms with Crippen LogP contribution in [-0.2, 0) is 18.3 Å². The summed E-state index contributed by atoms with van der Waals surface area (Å²) in [7, 11) is 1.78. The topological polar surface area (TPSA) is 68.0 Å². The van der Waals surface area contributed by atoms with E-state index in [1.807, 2.05) is 0 Å². The fourth-order valence-corrected chi connectivity index (χ4v) is 1.40. The van der Waals surface area contributed by atoms with Crippen molar-refractivity contribution >= 4 is 5.97 Å². The molecule has 0 unspecified atom stereocenters. The van der Waals surface area contributed by atoms with Gasteiger partial charge < -0.3 is 5.11 Å². The van der Waals surface area contributed by atoms with Gasteiger partial charge in [-0.2, -0.15) is 5.10 Å². The number of aromatic nitrogens is 3. The number of carbonyl (C=O) groups is 1. The van der Waals surface area contributed by atoms with Crippen molar-refractivity contribution in [3.05, 3.63) is 12.2 Å². The van der Waals surface area contributed by atoms with Gasteiger partial charge in [0.15, 0.2) is 0 Å². The van der Waals surface area contributed by atoms with Crippen molar-refractivity contribution in [1.82, 2.24) is 14.8 Å². The molecule has 1 N–H and O–H groups in total. The van der Waals surface area contributed by atoms with Gasteiger partial charge in [-0.25, -0.2) is 4.98 Å². The van der Waals surface area contributed by atoms with Crippen molar-refractivity contribution in [3.63, 3.8) is 0 Å². The Bertz CT molecular complexity index is 341. The van der Waals surface area contributed by atoms with E-state index in [2.05, 4.69) is 10.1 Å². The predicted molar refractivity (Wildman–Crippen MR) is 44.0 cm³/mol. The number of hydrogen-bond donors (Lipinski definition) is 1. The van der Waals surface area contributed by atoms with Crippen LogP contribution in [0.2, 0.25) is 0 Å². The standard InChI is InChI=1S/C8H11N3O2/c1-11-6(9-5-10-11)4-8(2-3-8)7(12)13/h5H,2-4H2,1H3,(H,12,13). The Kier molecular flexibility index (Phi) is 1.61. The van der Waals surface area contributed by atoms with Crippen molar-refractivity contribution in [2.45, 2.75) is 19.3 Å². The number of rotatable bonds is 3. The molecule has 0 amide bonds. The second-order valence-electron chi connectivity index (χ2n) is 3.56. The molecule has 2 rings (SSSR count). The molecule has 0 bridgehead atoms. The van der Waals surface area contributed by atoms with E-state index in [4.69, 9.17) is 5.11 Å². The first-order chi connectivity index (χ1) is 6.14. The van der Waals surface area contributed by atoms with E-state index in [9.17, 15) is 4.79 Å². The normalized spacial score (nSPS) is 18.5. The fourth-order valence-electron chi connectivity index (χ4n) is 1.40. The van der Waals surface area contributed by atoms with Crippen LogP contribution in [-0.4, -0.2) is 25.8 Å². The molecule has 1 aliphatic rings. The smallest absolute Gasteiger partial charge is 0.310 e. The minimum atomic E-state index is -0.712. The summed E-state index contributed by atoms with van der Waals surface area (Å²) in [5.41, 5.74) is -0.541. The molecule has 70 valence electrons. The zero-order chi connectivity index (χ0) is 9.47. The van der Waals surface area contributed by atoms with Crippen LogP contribution in [0.15, 0.2) is 6.33 Å². The van der Waals surface area contributed by atoms with Gasteiger partial charge in [-0.05, 0) is 12.8 Å². The second-order valence-corrected chi connectivity index (χ2v) is 3.56. The molecule has 13 heavy (non-hydrogen) atoms. The summed E-state index contributed by atoms with van der Waals surface area (Å²) in [6.45, 7) is 0. The van der Waals surface area contributed by atoms with Gasteiger partial charge in [0.05, 0.1) is 5.41 Å². The van der Waals surface area contributed by atoms with Crippen LogP contribution >= 0.6 is 0 Å². The molecule has 0 atom stereocenters. The van der Waals surface area contributed by atoms with Gasteiger partial charge in [0, 0.05) is 13.5 Å². The van der Waals surface area contributed by atoms with Crippen LogP contribution in [0.1, 0.15) is 18.7 Å². The highest BCUT2D eigenvalue weighted by molar-refractivity contribution is 5.78. The molecule has 0 spiro atoms. The first kappa shape index (κ1) is 8.22. The molecule has 0 saturated heterocycles. The quantitative estimate of drug-likeness (QED) is 0.724. The average Bonchev–Trinajstić information content (AvgIpc) is 2.74. The van der Waals surface area contributed by atoms with Crippen LogP contribution in [0.4, 0.5) is 0 Å². The maximum absolute atomic E-state index is 10.9. The monoisotopic (exact) mass is 181 g/mol. The number of carboxylic acid groups (broad SMARTS) is 1. The predicted octanol–water partition coefficient (Wildman–Crippen LogP) is 0.222. The molecule has 5 nitrogen and oxygen atoms in total. The van der Waals surface area contributed by atoms with Gasteiger partial charge in [0.25, 0.3) is 0 Å². The number of aliphatic carboxylic acids is 1. The van der Waals surface area contributed by atoms with E-state index in [0.29, 0.717) is 6.42 Å². The van der Waals surface area contributed by atoms with E-state index < -0.39 is 11.4 Å². The van der Waals surface area contributed by atoms with Crippen LogP contribution in [0.5, 0.6) is 0 Å². The van der Waals surface area contributed by atoms with Crippen LogP contribution in [0.25, 0.3) is 0 Å². The Balaban J connectivity index is 2.15. The summed E-state index contributed by atoms with van der Waals surface area (Å²) >= 11 is 0. The summed E-state index contributed by atoms with van der Waals surface area (Å²) < 4.78 is 1.63. The lowest BCUT2D eigenvalue weighted by molar-refractivity contribution is -0.143. The molecular weight excluding hydrogens is 170 g/mol. The molecule has 1 saturated carbocycles. The zero-order valence-corrected chi connectivity index (χ0v) is 7.40. The summed E-state index contributed by atoms with van der Waals surface area (Å²) in [5, 5.41) is 12.8. The second kappa shape index (κ2) is 2.55. The van der Waals surface area contributed by atoms with Gasteiger partial charge in [-0.3, -0.25) is 9.48 Å². The maximum Gasteiger partial charge on any atom is 0.310 e. The van der Waals surface area contributed by atoms with E-state index >= 15 is 0 Å². The van der Waals surface area contributed by atoms with E-state index in [1.54, 1.807) is 11.7 Å². The SMILES string of the molecule is Cn1ncnc1CC1(C(=O)O)CC1. The van der Waals surface area contributed by atoms with Gasteiger partial charge in [-0.15, -0.1) is 0 Å². The molecule has 1 aromatic rings. The van der Waals surface area contributed by atoms with Gasteiger partial charge in [0.1, 0.15) is 12.2 Å². The molecule has 0 aliphatic heterocycles. The van der Waals surface area contributed by atoms with Crippen molar-refractivity contribution in [1.29, 1.82) is 0 Å². The number of aryl methyl sites for hydroxylation is 1. The molecule has 0 radical (unpaired) electrons. The molecule has 5 heteroatoms. The highest BCUT2D eigenvalue weighted by atomic mass is 16.4. The summed E-state index contributed by atoms with van der Waals surface area (Å²) in [5.74, 6) is 0.0374. The summed E-state index contributed by atoms with van der Waals surface area (Å²) in [6, 6.07) is 0. The lowest BCUT2D eigenvalue weighted by Gasteiger charge is -2.07. The van der Waals surface area contributed by atoms with Crippen molar-refractivity contribution in [2.24, 2.45) is 12.5 Å². The van der Waals surface area contributed by atoms with Gasteiger partial charge in [-0.1, -0.05) is 0 Å². The highest BCUT2D eigenvalue weighted by Gasteiger charge is 2.50. The van der Waals surface area contributed by atoms with Crippen LogP contribution in [0.3, 0.4) is 0 Å². The third-order valence-corrected chi connectivity index (χ3v) is 2.61. The fraction of sp³-hybridized carbons (Fsp3) is 0.625. The first-order valence-corrected chi connectivity index (χ1v) is 4.20. The molecule has 1 heterocycles. The summed E-state index contributed by atoms with van der Waals surface area (Å²) in [6.07, 6.45) is 3.47. The maximum atomic E-state index is 10.9. The van der Waals surface area contributed by atoms with Gasteiger partial charge in [0.2, 0.25) is 0 Å². The molecule has 1 aromatic heterocycles. The van der Waals surface area contributed by atoms with Crippen molar-refractivity contribution in [3.8, 4) is 0 Å². The van der Waals surface area contributed by atoms with Gasteiger partial charge >= 0.3 is 5.97 Å². The number of hydrogen-bond acceptors (Lipinski definition) is 3. The third kappa shape index (κ3) is 1.30. The average molecular weight is 181 g/mol. The minimum Gasteiger partial charge on any atom is -0.481 e. The number of nitrogens with zero attached hydrogens (tertiary/aromatic N) is 3. The zero-order valence-electron chi connectivity index (χ0n) is 7.40. The third-order valence-electron chi connectivity index (χ3n) is 2.61. The Morgan fingerprint density at radius 2 is 2.46 bits per heavy atom. The minimum absolute atomic E-state index is 0.499. The number of carboxylic acids is 1. The Labute approximate surface area is 75.4 Å². The summed E-state index contributed by atoms with van der Waals surface area (Å²) in [4.78, 5) is 14.9. The molecular formula is C8H11N3O2. The van der Waals surface area contributed by atoms with Crippen LogP contribution < -0.4 is 0 Å². The van der Waals surface area contributed by atoms with E-state index in [1.165, 1.54) is 6.33 Å². The van der Waals surface area contributed by atoms with E-state index in [0.717, 1.165) is 18.7 Å². The lowest BCUT2D eigenvalue weighted by atomic mass is 10.0. The first-order valence-electron chi connectivity index (χ1n) is 4.20. The molecule has 1 fully saturated rings. The molecule has 0 aromatic carbocycles. The highest BCUT2D eigenvalue weighted by Crippen LogP contribution is 2.48. The van der Waals surface area contributed by atoms with Crippen molar-refractivity contribution < 1.29 is 9.90 Å². The largest absolute Gasteiger partial charge is 0.481 e. The Morgan fingerprint density at radius 3 is 2.85 bits per heavy atom. The Morgan fingerprint density at radius 1 is 1.77 bits per heavy atom. The lowest BCUT2D eigenvalue weighted by Crippen LogP contribution is -2.19. The van der Waals surface area contributed by atoms with E-state index in [-0.39, 0.29) is 0 Å². The van der Waals surface area contributed by atoms with Crippen LogP contribution in [0, 0.1) is 5.41 Å². The Hall–Kier alpha value is -1.39.